The van der Waals surface area contributed by atoms with Crippen molar-refractivity contribution in [3.05, 3.63) is 28.2 Å². The zero-order chi connectivity index (χ0) is 11.9. The van der Waals surface area contributed by atoms with Gasteiger partial charge in [-0.05, 0) is 52.4 Å². The average molecular weight is 282 g/mol. The highest BCUT2D eigenvalue weighted by Crippen LogP contribution is 2.52. The van der Waals surface area contributed by atoms with Crippen LogP contribution >= 0.6 is 15.9 Å². The maximum absolute atomic E-state index is 11.9. The molecule has 86 valence electrons. The summed E-state index contributed by atoms with van der Waals surface area (Å²) in [5.41, 5.74) is 2.22. The molecule has 1 N–H and O–H groups in total. The molecule has 3 heteroatoms. The van der Waals surface area contributed by atoms with Crippen LogP contribution in [-0.4, -0.2) is 5.91 Å². The van der Waals surface area contributed by atoms with Gasteiger partial charge in [-0.3, -0.25) is 4.79 Å². The summed E-state index contributed by atoms with van der Waals surface area (Å²) in [7, 11) is 0. The lowest BCUT2D eigenvalue weighted by molar-refractivity contribution is -0.118. The van der Waals surface area contributed by atoms with Gasteiger partial charge in [-0.2, -0.15) is 0 Å². The number of nitrogens with one attached hydrogen (secondary N) is 1. The summed E-state index contributed by atoms with van der Waals surface area (Å²) in [5.74, 6) is 0.301. The number of hydrogen-bond donors (Lipinski definition) is 1. The second kappa shape index (κ2) is 3.88. The lowest BCUT2D eigenvalue weighted by atomic mass is 10.1. The molecule has 0 spiro atoms. The van der Waals surface area contributed by atoms with Gasteiger partial charge in [0.2, 0.25) is 5.91 Å². The van der Waals surface area contributed by atoms with Gasteiger partial charge in [0.25, 0.3) is 0 Å². The van der Waals surface area contributed by atoms with E-state index in [4.69, 9.17) is 0 Å². The van der Waals surface area contributed by atoms with Crippen molar-refractivity contribution < 1.29 is 4.79 Å². The van der Waals surface area contributed by atoms with Gasteiger partial charge in [0.1, 0.15) is 0 Å². The molecule has 1 amide bonds. The number of hydrogen-bond acceptors (Lipinski definition) is 1. The highest BCUT2D eigenvalue weighted by molar-refractivity contribution is 9.10. The van der Waals surface area contributed by atoms with Gasteiger partial charge in [0, 0.05) is 10.4 Å². The van der Waals surface area contributed by atoms with E-state index in [9.17, 15) is 4.79 Å². The molecule has 1 fully saturated rings. The Morgan fingerprint density at radius 1 is 1.50 bits per heavy atom. The first-order valence-corrected chi connectivity index (χ1v) is 6.26. The predicted octanol–water partition coefficient (Wildman–Crippen LogP) is 3.74. The fourth-order valence-corrected chi connectivity index (χ4v) is 2.45. The van der Waals surface area contributed by atoms with Crippen LogP contribution in [0.25, 0.3) is 0 Å². The molecule has 0 aromatic heterocycles. The lowest BCUT2D eigenvalue weighted by Crippen LogP contribution is -2.16. The van der Waals surface area contributed by atoms with Crippen molar-refractivity contribution in [1.82, 2.24) is 0 Å². The lowest BCUT2D eigenvalue weighted by Gasteiger charge is -2.09. The average Bonchev–Trinajstić information content (AvgIpc) is 2.80. The molecule has 1 aliphatic rings. The Kier molecular flexibility index (Phi) is 2.82. The minimum atomic E-state index is 0.134. The molecule has 0 aliphatic heterocycles. The Bertz CT molecular complexity index is 440. The first kappa shape index (κ1) is 11.6. The fraction of sp³-hybridized carbons (Fsp3) is 0.462. The van der Waals surface area contributed by atoms with Gasteiger partial charge in [0.05, 0.1) is 5.69 Å². The summed E-state index contributed by atoms with van der Waals surface area (Å²) in [6.07, 6.45) is 0.988. The molecule has 1 aromatic rings. The van der Waals surface area contributed by atoms with Crippen LogP contribution in [0.4, 0.5) is 5.69 Å². The number of halogens is 1. The first-order valence-electron chi connectivity index (χ1n) is 5.47. The third kappa shape index (κ3) is 2.29. The monoisotopic (exact) mass is 281 g/mol. The standard InChI is InChI=1S/C13H16BrNO/c1-8-4-5-11(10(14)6-8)15-12(16)9-7-13(9,2)3/h4-6,9H,7H2,1-3H3,(H,15,16). The van der Waals surface area contributed by atoms with Crippen molar-refractivity contribution in [2.75, 3.05) is 5.32 Å². The van der Waals surface area contributed by atoms with Gasteiger partial charge in [0.15, 0.2) is 0 Å². The van der Waals surface area contributed by atoms with Gasteiger partial charge < -0.3 is 5.32 Å². The van der Waals surface area contributed by atoms with Crippen LogP contribution in [0.3, 0.4) is 0 Å². The van der Waals surface area contributed by atoms with Crippen molar-refractivity contribution >= 4 is 27.5 Å². The van der Waals surface area contributed by atoms with Crippen LogP contribution in [0.1, 0.15) is 25.8 Å². The van der Waals surface area contributed by atoms with E-state index in [0.29, 0.717) is 0 Å². The highest BCUT2D eigenvalue weighted by Gasteiger charge is 2.50. The summed E-state index contributed by atoms with van der Waals surface area (Å²) in [6.45, 7) is 6.28. The molecule has 2 rings (SSSR count). The summed E-state index contributed by atoms with van der Waals surface area (Å²) < 4.78 is 0.944. The zero-order valence-corrected chi connectivity index (χ0v) is 11.4. The number of benzene rings is 1. The maximum Gasteiger partial charge on any atom is 0.228 e. The molecule has 1 atom stereocenters. The number of rotatable bonds is 2. The van der Waals surface area contributed by atoms with Crippen LogP contribution in [-0.2, 0) is 4.79 Å². The van der Waals surface area contributed by atoms with Gasteiger partial charge >= 0.3 is 0 Å². The quantitative estimate of drug-likeness (QED) is 0.879. The van der Waals surface area contributed by atoms with Crippen molar-refractivity contribution in [2.45, 2.75) is 27.2 Å². The van der Waals surface area contributed by atoms with E-state index in [2.05, 4.69) is 35.1 Å². The van der Waals surface area contributed by atoms with Gasteiger partial charge in [-0.15, -0.1) is 0 Å². The number of anilines is 1. The third-order valence-electron chi connectivity index (χ3n) is 3.21. The van der Waals surface area contributed by atoms with E-state index >= 15 is 0 Å². The van der Waals surface area contributed by atoms with Crippen molar-refractivity contribution in [3.63, 3.8) is 0 Å². The Morgan fingerprint density at radius 3 is 2.62 bits per heavy atom. The molecular weight excluding hydrogens is 266 g/mol. The smallest absolute Gasteiger partial charge is 0.228 e. The van der Waals surface area contributed by atoms with E-state index in [1.54, 1.807) is 0 Å². The van der Waals surface area contributed by atoms with E-state index in [1.807, 2.05) is 25.1 Å². The Morgan fingerprint density at radius 2 is 2.12 bits per heavy atom. The molecule has 0 radical (unpaired) electrons. The third-order valence-corrected chi connectivity index (χ3v) is 3.87. The maximum atomic E-state index is 11.9. The molecular formula is C13H16BrNO. The van der Waals surface area contributed by atoms with Crippen LogP contribution in [0, 0.1) is 18.3 Å². The fourth-order valence-electron chi connectivity index (χ4n) is 1.86. The Balaban J connectivity index is 2.07. The second-order valence-electron chi connectivity index (χ2n) is 5.22. The molecule has 1 aromatic carbocycles. The van der Waals surface area contributed by atoms with E-state index in [0.717, 1.165) is 16.6 Å². The Hall–Kier alpha value is -0.830. The minimum Gasteiger partial charge on any atom is -0.325 e. The van der Waals surface area contributed by atoms with E-state index < -0.39 is 0 Å². The summed E-state index contributed by atoms with van der Waals surface area (Å²) in [5, 5.41) is 2.97. The zero-order valence-electron chi connectivity index (χ0n) is 9.80. The normalized spacial score (nSPS) is 21.6. The van der Waals surface area contributed by atoms with Crippen molar-refractivity contribution in [1.29, 1.82) is 0 Å². The molecule has 1 unspecified atom stereocenters. The molecule has 0 bridgehead atoms. The van der Waals surface area contributed by atoms with Crippen LogP contribution in [0.15, 0.2) is 22.7 Å². The van der Waals surface area contributed by atoms with E-state index in [-0.39, 0.29) is 17.2 Å². The minimum absolute atomic E-state index is 0.134. The van der Waals surface area contributed by atoms with Gasteiger partial charge in [-0.25, -0.2) is 0 Å². The highest BCUT2D eigenvalue weighted by atomic mass is 79.9. The van der Waals surface area contributed by atoms with E-state index in [1.165, 1.54) is 5.56 Å². The SMILES string of the molecule is Cc1ccc(NC(=O)C2CC2(C)C)c(Br)c1. The number of carbonyl (C=O) groups is 1. The molecule has 0 saturated heterocycles. The summed E-state index contributed by atoms with van der Waals surface area (Å²) >= 11 is 3.46. The van der Waals surface area contributed by atoms with Gasteiger partial charge in [-0.1, -0.05) is 19.9 Å². The molecule has 0 heterocycles. The summed E-state index contributed by atoms with van der Waals surface area (Å²) in [4.78, 5) is 11.9. The molecule has 16 heavy (non-hydrogen) atoms. The topological polar surface area (TPSA) is 29.1 Å². The molecule has 1 aliphatic carbocycles. The Labute approximate surface area is 105 Å². The number of aryl methyl sites for hydroxylation is 1. The second-order valence-corrected chi connectivity index (χ2v) is 6.07. The largest absolute Gasteiger partial charge is 0.325 e. The van der Waals surface area contributed by atoms with Crippen LogP contribution in [0.2, 0.25) is 0 Å². The van der Waals surface area contributed by atoms with Crippen molar-refractivity contribution in [2.24, 2.45) is 11.3 Å². The predicted molar refractivity (Wildman–Crippen MR) is 69.4 cm³/mol. The molecule has 2 nitrogen and oxygen atoms in total. The molecule has 1 saturated carbocycles. The first-order chi connectivity index (χ1) is 7.40. The van der Waals surface area contributed by atoms with Crippen molar-refractivity contribution in [3.8, 4) is 0 Å². The van der Waals surface area contributed by atoms with Crippen LogP contribution < -0.4 is 5.32 Å². The summed E-state index contributed by atoms with van der Waals surface area (Å²) in [6, 6.07) is 5.94. The number of amides is 1. The number of carbonyl (C=O) groups excluding carboxylic acids is 1. The van der Waals surface area contributed by atoms with Crippen LogP contribution in [0.5, 0.6) is 0 Å².